The van der Waals surface area contributed by atoms with Crippen LogP contribution in [0.1, 0.15) is 21.5 Å². The molecule has 148 valence electrons. The second-order valence-electron chi connectivity index (χ2n) is 7.18. The predicted octanol–water partition coefficient (Wildman–Crippen LogP) is 5.14. The fourth-order valence-electron chi connectivity index (χ4n) is 3.52. The summed E-state index contributed by atoms with van der Waals surface area (Å²) in [5.74, 6) is 0.254. The topological polar surface area (TPSA) is 72.0 Å². The van der Waals surface area contributed by atoms with Crippen LogP contribution >= 0.6 is 23.1 Å². The lowest BCUT2D eigenvalue weighted by Crippen LogP contribution is -2.03. The van der Waals surface area contributed by atoms with Gasteiger partial charge in [-0.3, -0.25) is 9.59 Å². The van der Waals surface area contributed by atoms with Gasteiger partial charge in [0.1, 0.15) is 16.2 Å². The Bertz CT molecular complexity index is 1300. The Morgan fingerprint density at radius 3 is 2.83 bits per heavy atom. The molecule has 30 heavy (non-hydrogen) atoms. The zero-order chi connectivity index (χ0) is 20.7. The molecule has 1 aliphatic heterocycles. The number of thioether (sulfide) groups is 1. The van der Waals surface area contributed by atoms with E-state index in [0.717, 1.165) is 37.6 Å². The molecule has 0 radical (unpaired) electrons. The van der Waals surface area contributed by atoms with Gasteiger partial charge in [-0.2, -0.15) is 0 Å². The van der Waals surface area contributed by atoms with Crippen molar-refractivity contribution in [2.75, 3.05) is 11.1 Å². The van der Waals surface area contributed by atoms with E-state index in [1.54, 1.807) is 29.8 Å². The fraction of sp³-hybridized carbons (Fsp3) is 0.130. The minimum absolute atomic E-state index is 0.0148. The van der Waals surface area contributed by atoms with Crippen LogP contribution in [0.15, 0.2) is 59.2 Å². The molecule has 0 fully saturated rings. The number of benzene rings is 2. The van der Waals surface area contributed by atoms with Crippen molar-refractivity contribution in [3.05, 3.63) is 70.9 Å². The van der Waals surface area contributed by atoms with Gasteiger partial charge in [-0.1, -0.05) is 41.6 Å². The van der Waals surface area contributed by atoms with E-state index >= 15 is 0 Å². The molecular formula is C23H17N3O2S2. The number of Topliss-reactive ketones (excluding diaryl/α,β-unsaturated/α-hetero) is 1. The second kappa shape index (κ2) is 7.66. The van der Waals surface area contributed by atoms with E-state index in [2.05, 4.69) is 51.9 Å². The maximum Gasteiger partial charge on any atom is 0.228 e. The van der Waals surface area contributed by atoms with Crippen LogP contribution in [0.2, 0.25) is 0 Å². The first kappa shape index (κ1) is 19.0. The van der Waals surface area contributed by atoms with E-state index in [4.69, 9.17) is 0 Å². The molecular weight excluding hydrogens is 414 g/mol. The summed E-state index contributed by atoms with van der Waals surface area (Å²) in [4.78, 5) is 34.1. The van der Waals surface area contributed by atoms with Crippen LogP contribution in [-0.2, 0) is 11.2 Å². The van der Waals surface area contributed by atoms with E-state index in [0.29, 0.717) is 12.0 Å². The van der Waals surface area contributed by atoms with E-state index in [-0.39, 0.29) is 17.4 Å². The summed E-state index contributed by atoms with van der Waals surface area (Å²) < 4.78 is 0. The van der Waals surface area contributed by atoms with Crippen LogP contribution in [0, 0.1) is 6.92 Å². The third-order valence-electron chi connectivity index (χ3n) is 5.09. The number of thiophene rings is 1. The number of aromatic nitrogens is 2. The number of hydrogen-bond acceptors (Lipinski definition) is 6. The van der Waals surface area contributed by atoms with E-state index in [1.165, 1.54) is 17.3 Å². The molecule has 1 aliphatic rings. The van der Waals surface area contributed by atoms with Gasteiger partial charge in [0.05, 0.1) is 17.6 Å². The van der Waals surface area contributed by atoms with Crippen molar-refractivity contribution in [2.24, 2.45) is 0 Å². The molecule has 2 aromatic heterocycles. The van der Waals surface area contributed by atoms with Crippen LogP contribution in [0.3, 0.4) is 0 Å². The third-order valence-corrected chi connectivity index (χ3v) is 6.97. The van der Waals surface area contributed by atoms with Gasteiger partial charge in [0, 0.05) is 22.2 Å². The lowest BCUT2D eigenvalue weighted by Gasteiger charge is -2.06. The molecule has 4 aromatic rings. The summed E-state index contributed by atoms with van der Waals surface area (Å²) in [6.45, 7) is 2.07. The number of carbonyl (C=O) groups is 2. The summed E-state index contributed by atoms with van der Waals surface area (Å²) >= 11 is 3.01. The van der Waals surface area contributed by atoms with Crippen LogP contribution in [0.5, 0.6) is 0 Å². The fourth-order valence-corrected chi connectivity index (χ4v) is 5.41. The van der Waals surface area contributed by atoms with Gasteiger partial charge >= 0.3 is 0 Å². The molecule has 1 amide bonds. The molecule has 0 unspecified atom stereocenters. The van der Waals surface area contributed by atoms with Crippen molar-refractivity contribution < 1.29 is 9.59 Å². The maximum absolute atomic E-state index is 12.8. The highest BCUT2D eigenvalue weighted by Gasteiger charge is 2.20. The highest BCUT2D eigenvalue weighted by atomic mass is 32.2. The highest BCUT2D eigenvalue weighted by molar-refractivity contribution is 8.00. The first-order chi connectivity index (χ1) is 14.6. The number of carbonyl (C=O) groups excluding carboxylic acids is 2. The van der Waals surface area contributed by atoms with Gasteiger partial charge in [0.15, 0.2) is 5.78 Å². The zero-order valence-electron chi connectivity index (χ0n) is 16.1. The van der Waals surface area contributed by atoms with Crippen molar-refractivity contribution >= 4 is 50.7 Å². The minimum Gasteiger partial charge on any atom is -0.326 e. The zero-order valence-corrected chi connectivity index (χ0v) is 17.8. The minimum atomic E-state index is -0.0338. The summed E-state index contributed by atoms with van der Waals surface area (Å²) in [6, 6.07) is 13.8. The van der Waals surface area contributed by atoms with E-state index in [1.807, 2.05) is 6.07 Å². The number of nitrogens with one attached hydrogen (secondary N) is 1. The first-order valence-corrected chi connectivity index (χ1v) is 11.3. The molecule has 0 saturated carbocycles. The number of rotatable bonds is 5. The van der Waals surface area contributed by atoms with E-state index in [9.17, 15) is 9.59 Å². The summed E-state index contributed by atoms with van der Waals surface area (Å²) in [6.07, 6.45) is 1.88. The number of aryl methyl sites for hydroxylation is 1. The SMILES string of the molecule is Cc1ccc(-c2csc3ncnc(SCC(=O)c4ccc5c(c4)CC(=O)N5)c23)cc1. The van der Waals surface area contributed by atoms with E-state index < -0.39 is 0 Å². The summed E-state index contributed by atoms with van der Waals surface area (Å²) in [5, 5.41) is 6.69. The molecule has 7 heteroatoms. The molecule has 2 aromatic carbocycles. The average molecular weight is 432 g/mol. The van der Waals surface area contributed by atoms with Crippen LogP contribution in [0.25, 0.3) is 21.3 Å². The summed E-state index contributed by atoms with van der Waals surface area (Å²) in [7, 11) is 0. The molecule has 0 aliphatic carbocycles. The van der Waals surface area contributed by atoms with Gasteiger partial charge in [0.2, 0.25) is 5.91 Å². The first-order valence-electron chi connectivity index (χ1n) is 9.46. The predicted molar refractivity (Wildman–Crippen MR) is 121 cm³/mol. The number of amides is 1. The monoisotopic (exact) mass is 431 g/mol. The lowest BCUT2D eigenvalue weighted by molar-refractivity contribution is -0.115. The van der Waals surface area contributed by atoms with Crippen LogP contribution < -0.4 is 5.32 Å². The number of fused-ring (bicyclic) bond motifs is 2. The van der Waals surface area contributed by atoms with Crippen molar-refractivity contribution in [3.63, 3.8) is 0 Å². The highest BCUT2D eigenvalue weighted by Crippen LogP contribution is 2.38. The van der Waals surface area contributed by atoms with Gasteiger partial charge < -0.3 is 5.32 Å². The maximum atomic E-state index is 12.8. The van der Waals surface area contributed by atoms with Crippen LogP contribution in [-0.4, -0.2) is 27.4 Å². The number of anilines is 1. The second-order valence-corrected chi connectivity index (χ2v) is 9.01. The molecule has 5 rings (SSSR count). The largest absolute Gasteiger partial charge is 0.326 e. The Morgan fingerprint density at radius 1 is 1.17 bits per heavy atom. The number of hydrogen-bond donors (Lipinski definition) is 1. The Hall–Kier alpha value is -3.03. The lowest BCUT2D eigenvalue weighted by atomic mass is 10.1. The van der Waals surface area contributed by atoms with Gasteiger partial charge in [-0.15, -0.1) is 11.3 Å². The Labute approximate surface area is 181 Å². The smallest absolute Gasteiger partial charge is 0.228 e. The Kier molecular flexibility index (Phi) is 4.84. The van der Waals surface area contributed by atoms with Gasteiger partial charge in [-0.25, -0.2) is 9.97 Å². The number of nitrogens with zero attached hydrogens (tertiary/aromatic N) is 2. The molecule has 0 saturated heterocycles. The molecule has 5 nitrogen and oxygen atoms in total. The molecule has 0 bridgehead atoms. The molecule has 0 atom stereocenters. The Balaban J connectivity index is 1.41. The molecule has 1 N–H and O–H groups in total. The molecule has 3 heterocycles. The van der Waals surface area contributed by atoms with Gasteiger partial charge in [0.25, 0.3) is 0 Å². The van der Waals surface area contributed by atoms with Crippen molar-refractivity contribution in [3.8, 4) is 11.1 Å². The normalized spacial score (nSPS) is 12.8. The molecule has 0 spiro atoms. The van der Waals surface area contributed by atoms with Crippen molar-refractivity contribution in [2.45, 2.75) is 18.4 Å². The van der Waals surface area contributed by atoms with Gasteiger partial charge in [-0.05, 0) is 36.2 Å². The number of ketones is 1. The Morgan fingerprint density at radius 2 is 2.00 bits per heavy atom. The van der Waals surface area contributed by atoms with Crippen LogP contribution in [0.4, 0.5) is 5.69 Å². The van der Waals surface area contributed by atoms with Crippen molar-refractivity contribution in [1.82, 2.24) is 9.97 Å². The van der Waals surface area contributed by atoms with Crippen molar-refractivity contribution in [1.29, 1.82) is 0 Å². The quantitative estimate of drug-likeness (QED) is 0.269. The standard InChI is InChI=1S/C23H17N3O2S2/c1-13-2-4-14(5-3-13)17-10-29-22-21(17)23(25-12-24-22)30-11-19(27)15-6-7-18-16(8-15)9-20(28)26-18/h2-8,10,12H,9,11H2,1H3,(H,26,28). The third kappa shape index (κ3) is 3.51. The average Bonchev–Trinajstić information content (AvgIpc) is 3.35. The summed E-state index contributed by atoms with van der Waals surface area (Å²) in [5.41, 5.74) is 5.70.